The maximum absolute atomic E-state index is 12.8. The number of carbonyl (C=O) groups is 2. The summed E-state index contributed by atoms with van der Waals surface area (Å²) in [5.41, 5.74) is 1.42. The van der Waals surface area contributed by atoms with Crippen LogP contribution in [0.4, 0.5) is 24.5 Å². The van der Waals surface area contributed by atoms with Crippen LogP contribution in [0.2, 0.25) is 0 Å². The number of rotatable bonds is 7. The molecule has 5 nitrogen and oxygen atoms in total. The van der Waals surface area contributed by atoms with Crippen LogP contribution >= 0.6 is 0 Å². The lowest BCUT2D eigenvalue weighted by Crippen LogP contribution is -2.20. The van der Waals surface area contributed by atoms with E-state index in [1.165, 1.54) is 29.8 Å². The van der Waals surface area contributed by atoms with Crippen molar-refractivity contribution in [1.29, 1.82) is 0 Å². The second-order valence-corrected chi connectivity index (χ2v) is 7.67. The second kappa shape index (κ2) is 10.2. The van der Waals surface area contributed by atoms with Gasteiger partial charge in [-0.05, 0) is 66.1 Å². The molecule has 0 atom stereocenters. The van der Waals surface area contributed by atoms with Crippen molar-refractivity contribution in [1.82, 2.24) is 0 Å². The standard InChI is InChI=1S/C25H23F3N2O3/c1-16(2)17-6-10-20(11-7-17)30-24(32)18-8-12-22(13-9-18)33-15-23(31)29-21-5-3-4-19(14-21)25(26,27)28/h3-14,16H,15H2,1-2H3,(H,29,31)(H,30,32). The highest BCUT2D eigenvalue weighted by Crippen LogP contribution is 2.30. The van der Waals surface area contributed by atoms with E-state index < -0.39 is 24.3 Å². The van der Waals surface area contributed by atoms with Crippen molar-refractivity contribution in [3.05, 3.63) is 89.5 Å². The Morgan fingerprint density at radius 1 is 0.879 bits per heavy atom. The average Bonchev–Trinajstić information content (AvgIpc) is 2.78. The molecule has 0 saturated carbocycles. The second-order valence-electron chi connectivity index (χ2n) is 7.67. The van der Waals surface area contributed by atoms with Crippen LogP contribution in [0.3, 0.4) is 0 Å². The van der Waals surface area contributed by atoms with Crippen molar-refractivity contribution in [2.45, 2.75) is 25.9 Å². The monoisotopic (exact) mass is 456 g/mol. The smallest absolute Gasteiger partial charge is 0.416 e. The first-order valence-corrected chi connectivity index (χ1v) is 10.2. The summed E-state index contributed by atoms with van der Waals surface area (Å²) < 4.78 is 43.7. The van der Waals surface area contributed by atoms with Crippen molar-refractivity contribution >= 4 is 23.2 Å². The highest BCUT2D eigenvalue weighted by Gasteiger charge is 2.30. The highest BCUT2D eigenvalue weighted by molar-refractivity contribution is 6.04. The van der Waals surface area contributed by atoms with Gasteiger partial charge in [-0.15, -0.1) is 0 Å². The maximum Gasteiger partial charge on any atom is 0.416 e. The van der Waals surface area contributed by atoms with Gasteiger partial charge in [0.05, 0.1) is 5.56 Å². The molecule has 0 aliphatic carbocycles. The van der Waals surface area contributed by atoms with E-state index in [1.807, 2.05) is 24.3 Å². The molecular formula is C25H23F3N2O3. The predicted molar refractivity (Wildman–Crippen MR) is 120 cm³/mol. The largest absolute Gasteiger partial charge is 0.484 e. The molecule has 0 aromatic heterocycles. The van der Waals surface area contributed by atoms with Gasteiger partial charge in [0.25, 0.3) is 11.8 Å². The molecule has 0 aliphatic rings. The Morgan fingerprint density at radius 2 is 1.55 bits per heavy atom. The average molecular weight is 456 g/mol. The fraction of sp³-hybridized carbons (Fsp3) is 0.200. The van der Waals surface area contributed by atoms with Crippen molar-refractivity contribution in [3.63, 3.8) is 0 Å². The number of carbonyl (C=O) groups excluding carboxylic acids is 2. The molecule has 8 heteroatoms. The molecule has 0 spiro atoms. The van der Waals surface area contributed by atoms with Crippen LogP contribution in [0.15, 0.2) is 72.8 Å². The van der Waals surface area contributed by atoms with E-state index >= 15 is 0 Å². The maximum atomic E-state index is 12.8. The van der Waals surface area contributed by atoms with Crippen LogP contribution in [-0.2, 0) is 11.0 Å². The van der Waals surface area contributed by atoms with Gasteiger partial charge in [0.1, 0.15) is 5.75 Å². The number of ether oxygens (including phenoxy) is 1. The molecule has 2 amide bonds. The number of benzene rings is 3. The first-order valence-electron chi connectivity index (χ1n) is 10.2. The van der Waals surface area contributed by atoms with Gasteiger partial charge in [-0.2, -0.15) is 13.2 Å². The van der Waals surface area contributed by atoms with Gasteiger partial charge >= 0.3 is 6.18 Å². The zero-order chi connectivity index (χ0) is 24.0. The Morgan fingerprint density at radius 3 is 2.15 bits per heavy atom. The molecule has 0 bridgehead atoms. The van der Waals surface area contributed by atoms with Crippen LogP contribution in [-0.4, -0.2) is 18.4 Å². The lowest BCUT2D eigenvalue weighted by atomic mass is 10.0. The van der Waals surface area contributed by atoms with Crippen molar-refractivity contribution in [2.24, 2.45) is 0 Å². The van der Waals surface area contributed by atoms with Gasteiger partial charge in [-0.3, -0.25) is 9.59 Å². The normalized spacial score (nSPS) is 11.2. The third-order valence-electron chi connectivity index (χ3n) is 4.80. The predicted octanol–water partition coefficient (Wildman–Crippen LogP) is 6.10. The molecule has 33 heavy (non-hydrogen) atoms. The zero-order valence-corrected chi connectivity index (χ0v) is 18.1. The van der Waals surface area contributed by atoms with E-state index in [1.54, 1.807) is 12.1 Å². The lowest BCUT2D eigenvalue weighted by Gasteiger charge is -2.11. The third-order valence-corrected chi connectivity index (χ3v) is 4.80. The number of halogens is 3. The lowest BCUT2D eigenvalue weighted by molar-refractivity contribution is -0.137. The SMILES string of the molecule is CC(C)c1ccc(NC(=O)c2ccc(OCC(=O)Nc3cccc(C(F)(F)F)c3)cc2)cc1. The van der Waals surface area contributed by atoms with Crippen LogP contribution in [0, 0.1) is 0 Å². The Balaban J connectivity index is 1.52. The van der Waals surface area contributed by atoms with Crippen molar-refractivity contribution < 1.29 is 27.5 Å². The van der Waals surface area contributed by atoms with Gasteiger partial charge in [0.2, 0.25) is 0 Å². The minimum atomic E-state index is -4.50. The number of amides is 2. The summed E-state index contributed by atoms with van der Waals surface area (Å²) in [7, 11) is 0. The van der Waals surface area contributed by atoms with Crippen LogP contribution < -0.4 is 15.4 Å². The van der Waals surface area contributed by atoms with E-state index in [-0.39, 0.29) is 11.6 Å². The molecule has 3 aromatic rings. The molecule has 0 heterocycles. The zero-order valence-electron chi connectivity index (χ0n) is 18.1. The topological polar surface area (TPSA) is 67.4 Å². The van der Waals surface area contributed by atoms with Gasteiger partial charge in [-0.1, -0.05) is 32.0 Å². The molecular weight excluding hydrogens is 433 g/mol. The van der Waals surface area contributed by atoms with Crippen molar-refractivity contribution in [2.75, 3.05) is 17.2 Å². The first kappa shape index (κ1) is 23.8. The van der Waals surface area contributed by atoms with Gasteiger partial charge in [-0.25, -0.2) is 0 Å². The Kier molecular flexibility index (Phi) is 7.37. The highest BCUT2D eigenvalue weighted by atomic mass is 19.4. The summed E-state index contributed by atoms with van der Waals surface area (Å²) >= 11 is 0. The number of nitrogens with one attached hydrogen (secondary N) is 2. The molecule has 0 aliphatic heterocycles. The van der Waals surface area contributed by atoms with Crippen LogP contribution in [0.5, 0.6) is 5.75 Å². The third kappa shape index (κ3) is 6.83. The number of hydrogen-bond acceptors (Lipinski definition) is 3. The summed E-state index contributed by atoms with van der Waals surface area (Å²) in [4.78, 5) is 24.4. The quantitative estimate of drug-likeness (QED) is 0.452. The first-order chi connectivity index (χ1) is 15.6. The number of hydrogen-bond donors (Lipinski definition) is 2. The fourth-order valence-corrected chi connectivity index (χ4v) is 2.98. The van der Waals surface area contributed by atoms with Crippen LogP contribution in [0.1, 0.15) is 41.3 Å². The summed E-state index contributed by atoms with van der Waals surface area (Å²) in [5, 5.41) is 5.18. The van der Waals surface area contributed by atoms with E-state index in [0.717, 1.165) is 12.1 Å². The van der Waals surface area contributed by atoms with Crippen LogP contribution in [0.25, 0.3) is 0 Å². The van der Waals surface area contributed by atoms with E-state index in [4.69, 9.17) is 4.74 Å². The minimum Gasteiger partial charge on any atom is -0.484 e. The molecule has 3 aromatic carbocycles. The van der Waals surface area contributed by atoms with Gasteiger partial charge in [0, 0.05) is 16.9 Å². The molecule has 2 N–H and O–H groups in total. The molecule has 3 rings (SSSR count). The van der Waals surface area contributed by atoms with Gasteiger partial charge in [0.15, 0.2) is 6.61 Å². The molecule has 0 saturated heterocycles. The number of anilines is 2. The Bertz CT molecular complexity index is 1110. The summed E-state index contributed by atoms with van der Waals surface area (Å²) in [5.74, 6) is -0.163. The molecule has 0 radical (unpaired) electrons. The Hall–Kier alpha value is -3.81. The van der Waals surface area contributed by atoms with E-state index in [2.05, 4.69) is 24.5 Å². The molecule has 0 unspecified atom stereocenters. The van der Waals surface area contributed by atoms with E-state index in [0.29, 0.717) is 22.9 Å². The summed E-state index contributed by atoms with van der Waals surface area (Å²) in [6, 6.07) is 18.1. The molecule has 172 valence electrons. The Labute approximate surface area is 189 Å². The van der Waals surface area contributed by atoms with Gasteiger partial charge < -0.3 is 15.4 Å². The summed E-state index contributed by atoms with van der Waals surface area (Å²) in [6.45, 7) is 3.78. The van der Waals surface area contributed by atoms with E-state index in [9.17, 15) is 22.8 Å². The fourth-order valence-electron chi connectivity index (χ4n) is 2.98. The minimum absolute atomic E-state index is 0.0203. The number of alkyl halides is 3. The molecule has 0 fully saturated rings. The summed E-state index contributed by atoms with van der Waals surface area (Å²) in [6.07, 6.45) is -4.50. The van der Waals surface area contributed by atoms with Crippen molar-refractivity contribution in [3.8, 4) is 5.75 Å².